The lowest BCUT2D eigenvalue weighted by Gasteiger charge is -2.27. The summed E-state index contributed by atoms with van der Waals surface area (Å²) in [5.41, 5.74) is 7.57. The van der Waals surface area contributed by atoms with Gasteiger partial charge >= 0.3 is 0 Å². The number of nitrogens with two attached hydrogens (primary N) is 1. The van der Waals surface area contributed by atoms with Gasteiger partial charge in [0.2, 0.25) is 0 Å². The third-order valence-electron chi connectivity index (χ3n) is 4.70. The first-order valence-corrected chi connectivity index (χ1v) is 8.09. The lowest BCUT2D eigenvalue weighted by molar-refractivity contribution is 0.0127. The molecule has 2 heteroatoms. The van der Waals surface area contributed by atoms with E-state index in [1.54, 1.807) is 0 Å². The normalized spacial score (nSPS) is 24.1. The summed E-state index contributed by atoms with van der Waals surface area (Å²) in [4.78, 5) is 0. The van der Waals surface area contributed by atoms with E-state index in [4.69, 9.17) is 10.5 Å². The van der Waals surface area contributed by atoms with Gasteiger partial charge in [-0.25, -0.2) is 0 Å². The highest BCUT2D eigenvalue weighted by Crippen LogP contribution is 2.27. The predicted molar refractivity (Wildman–Crippen MR) is 88.2 cm³/mol. The van der Waals surface area contributed by atoms with Gasteiger partial charge in [0.05, 0.1) is 18.8 Å². The zero-order valence-electron chi connectivity index (χ0n) is 12.8. The summed E-state index contributed by atoms with van der Waals surface area (Å²) < 4.78 is 6.07. The van der Waals surface area contributed by atoms with Crippen LogP contribution in [0.5, 0.6) is 0 Å². The summed E-state index contributed by atoms with van der Waals surface area (Å²) in [6.45, 7) is 2.95. The van der Waals surface area contributed by atoms with Crippen LogP contribution in [0.2, 0.25) is 0 Å². The minimum Gasteiger partial charge on any atom is -0.376 e. The van der Waals surface area contributed by atoms with Crippen LogP contribution in [0.1, 0.15) is 44.2 Å². The topological polar surface area (TPSA) is 35.2 Å². The van der Waals surface area contributed by atoms with Crippen LogP contribution in [-0.2, 0) is 4.74 Å². The van der Waals surface area contributed by atoms with E-state index in [9.17, 15) is 0 Å². The maximum atomic E-state index is 6.38. The Balaban J connectivity index is 1.65. The van der Waals surface area contributed by atoms with Crippen molar-refractivity contribution in [3.8, 4) is 0 Å². The van der Waals surface area contributed by atoms with Crippen molar-refractivity contribution in [1.82, 2.24) is 0 Å². The predicted octanol–water partition coefficient (Wildman–Crippen LogP) is 4.43. The highest BCUT2D eigenvalue weighted by atomic mass is 16.5. The molecule has 1 fully saturated rings. The van der Waals surface area contributed by atoms with Gasteiger partial charge in [-0.15, -0.1) is 0 Å². The SMILES string of the molecule is CC1CCC(OCC(N)c2cccc3ccccc23)CC1. The molecule has 1 saturated carbocycles. The number of ether oxygens (including phenoxy) is 1. The second-order valence-corrected chi connectivity index (χ2v) is 6.39. The summed E-state index contributed by atoms with van der Waals surface area (Å²) in [6.07, 6.45) is 5.34. The number of hydrogen-bond donors (Lipinski definition) is 1. The molecule has 1 unspecified atom stereocenters. The first-order valence-electron chi connectivity index (χ1n) is 8.09. The Bertz CT molecular complexity index is 582. The van der Waals surface area contributed by atoms with Crippen LogP contribution in [0.25, 0.3) is 10.8 Å². The third-order valence-corrected chi connectivity index (χ3v) is 4.70. The minimum absolute atomic E-state index is 0.0459. The molecule has 0 heterocycles. The quantitative estimate of drug-likeness (QED) is 0.900. The molecule has 2 nitrogen and oxygen atoms in total. The molecule has 0 amide bonds. The Morgan fingerprint density at radius 1 is 1.05 bits per heavy atom. The number of hydrogen-bond acceptors (Lipinski definition) is 2. The maximum Gasteiger partial charge on any atom is 0.0663 e. The summed E-state index contributed by atoms with van der Waals surface area (Å²) in [5, 5.41) is 2.49. The van der Waals surface area contributed by atoms with Crippen molar-refractivity contribution < 1.29 is 4.74 Å². The van der Waals surface area contributed by atoms with E-state index in [1.165, 1.54) is 42.0 Å². The van der Waals surface area contributed by atoms with E-state index in [0.717, 1.165) is 5.92 Å². The molecule has 0 bridgehead atoms. The number of fused-ring (bicyclic) bond motifs is 1. The fourth-order valence-corrected chi connectivity index (χ4v) is 3.30. The molecule has 0 saturated heterocycles. The van der Waals surface area contributed by atoms with Crippen LogP contribution in [0.3, 0.4) is 0 Å². The zero-order chi connectivity index (χ0) is 14.7. The molecule has 2 aromatic carbocycles. The van der Waals surface area contributed by atoms with Crippen molar-refractivity contribution in [2.24, 2.45) is 11.7 Å². The van der Waals surface area contributed by atoms with Crippen LogP contribution in [0.15, 0.2) is 42.5 Å². The van der Waals surface area contributed by atoms with Crippen LogP contribution in [-0.4, -0.2) is 12.7 Å². The van der Waals surface area contributed by atoms with Gasteiger partial charge in [-0.05, 0) is 47.9 Å². The van der Waals surface area contributed by atoms with Crippen LogP contribution < -0.4 is 5.73 Å². The van der Waals surface area contributed by atoms with E-state index in [1.807, 2.05) is 0 Å². The molecule has 21 heavy (non-hydrogen) atoms. The summed E-state index contributed by atoms with van der Waals surface area (Å²) in [5.74, 6) is 0.858. The second kappa shape index (κ2) is 6.59. The van der Waals surface area contributed by atoms with Gasteiger partial charge in [-0.1, -0.05) is 49.4 Å². The van der Waals surface area contributed by atoms with Gasteiger partial charge < -0.3 is 10.5 Å². The summed E-state index contributed by atoms with van der Waals surface area (Å²) >= 11 is 0. The molecular formula is C19H25NO. The molecule has 0 spiro atoms. The summed E-state index contributed by atoms with van der Waals surface area (Å²) in [6, 6.07) is 14.7. The van der Waals surface area contributed by atoms with Crippen molar-refractivity contribution >= 4 is 10.8 Å². The van der Waals surface area contributed by atoms with Gasteiger partial charge in [0.1, 0.15) is 0 Å². The van der Waals surface area contributed by atoms with Crippen LogP contribution >= 0.6 is 0 Å². The Kier molecular flexibility index (Phi) is 4.57. The average Bonchev–Trinajstić information content (AvgIpc) is 2.53. The second-order valence-electron chi connectivity index (χ2n) is 6.39. The van der Waals surface area contributed by atoms with Crippen LogP contribution in [0.4, 0.5) is 0 Å². The largest absolute Gasteiger partial charge is 0.376 e. The van der Waals surface area contributed by atoms with Gasteiger partial charge in [0, 0.05) is 0 Å². The zero-order valence-corrected chi connectivity index (χ0v) is 12.8. The fraction of sp³-hybridized carbons (Fsp3) is 0.474. The maximum absolute atomic E-state index is 6.38. The molecular weight excluding hydrogens is 258 g/mol. The average molecular weight is 283 g/mol. The van der Waals surface area contributed by atoms with Crippen LogP contribution in [0, 0.1) is 5.92 Å². The minimum atomic E-state index is -0.0459. The molecule has 1 aliphatic carbocycles. The van der Waals surface area contributed by atoms with Gasteiger partial charge in [-0.3, -0.25) is 0 Å². The molecule has 0 aromatic heterocycles. The lowest BCUT2D eigenvalue weighted by Crippen LogP contribution is -2.25. The van der Waals surface area contributed by atoms with E-state index >= 15 is 0 Å². The lowest BCUT2D eigenvalue weighted by atomic mass is 9.89. The van der Waals surface area contributed by atoms with Crippen molar-refractivity contribution in [3.63, 3.8) is 0 Å². The molecule has 1 atom stereocenters. The highest BCUT2D eigenvalue weighted by molar-refractivity contribution is 5.86. The Hall–Kier alpha value is -1.38. The highest BCUT2D eigenvalue weighted by Gasteiger charge is 2.20. The molecule has 2 aromatic rings. The monoisotopic (exact) mass is 283 g/mol. The van der Waals surface area contributed by atoms with E-state index in [2.05, 4.69) is 49.4 Å². The third kappa shape index (κ3) is 3.45. The standard InChI is InChI=1S/C19H25NO/c1-14-9-11-16(12-10-14)21-13-19(20)18-8-4-6-15-5-2-3-7-17(15)18/h2-8,14,16,19H,9-13,20H2,1H3. The molecule has 3 rings (SSSR count). The molecule has 0 aliphatic heterocycles. The van der Waals surface area contributed by atoms with E-state index < -0.39 is 0 Å². The molecule has 0 radical (unpaired) electrons. The van der Waals surface area contributed by atoms with Crippen molar-refractivity contribution in [3.05, 3.63) is 48.0 Å². The molecule has 2 N–H and O–H groups in total. The summed E-state index contributed by atoms with van der Waals surface area (Å²) in [7, 11) is 0. The fourth-order valence-electron chi connectivity index (χ4n) is 3.30. The van der Waals surface area contributed by atoms with E-state index in [-0.39, 0.29) is 6.04 Å². The van der Waals surface area contributed by atoms with Gasteiger partial charge in [0.25, 0.3) is 0 Å². The first-order chi connectivity index (χ1) is 10.2. The first kappa shape index (κ1) is 14.6. The Labute approximate surface area is 127 Å². The Morgan fingerprint density at radius 2 is 1.76 bits per heavy atom. The smallest absolute Gasteiger partial charge is 0.0663 e. The van der Waals surface area contributed by atoms with Crippen molar-refractivity contribution in [1.29, 1.82) is 0 Å². The van der Waals surface area contributed by atoms with E-state index in [0.29, 0.717) is 12.7 Å². The number of rotatable bonds is 4. The number of benzene rings is 2. The Morgan fingerprint density at radius 3 is 2.57 bits per heavy atom. The van der Waals surface area contributed by atoms with Crippen molar-refractivity contribution in [2.75, 3.05) is 6.61 Å². The molecule has 1 aliphatic rings. The van der Waals surface area contributed by atoms with Crippen molar-refractivity contribution in [2.45, 2.75) is 44.8 Å². The molecule has 112 valence electrons. The van der Waals surface area contributed by atoms with Gasteiger partial charge in [-0.2, -0.15) is 0 Å². The van der Waals surface area contributed by atoms with Gasteiger partial charge in [0.15, 0.2) is 0 Å².